The van der Waals surface area contributed by atoms with E-state index in [4.69, 9.17) is 4.74 Å². The second-order valence-corrected chi connectivity index (χ2v) is 8.36. The van der Waals surface area contributed by atoms with Gasteiger partial charge in [-0.25, -0.2) is 0 Å². The van der Waals surface area contributed by atoms with Crippen LogP contribution in [0.2, 0.25) is 0 Å². The quantitative estimate of drug-likeness (QED) is 0.764. The molecule has 4 rings (SSSR count). The average Bonchev–Trinajstić information content (AvgIpc) is 2.80. The Kier molecular flexibility index (Phi) is 6.31. The molecule has 1 unspecified atom stereocenters. The number of likely N-dealkylation sites (tertiary alicyclic amines) is 2. The molecule has 4 heteroatoms. The van der Waals surface area contributed by atoms with Gasteiger partial charge >= 0.3 is 0 Å². The summed E-state index contributed by atoms with van der Waals surface area (Å²) in [5.74, 6) is 0.304. The third-order valence-corrected chi connectivity index (χ3v) is 6.70. The molecule has 2 aliphatic rings. The van der Waals surface area contributed by atoms with E-state index in [1.54, 1.807) is 7.11 Å². The maximum atomic E-state index is 13.4. The van der Waals surface area contributed by atoms with Gasteiger partial charge in [0.1, 0.15) is 0 Å². The number of rotatable bonds is 5. The highest BCUT2D eigenvalue weighted by Gasteiger charge is 2.40. The summed E-state index contributed by atoms with van der Waals surface area (Å²) in [5, 5.41) is 0. The predicted molar refractivity (Wildman–Crippen MR) is 115 cm³/mol. The summed E-state index contributed by atoms with van der Waals surface area (Å²) < 4.78 is 5.99. The minimum atomic E-state index is -0.270. The van der Waals surface area contributed by atoms with Gasteiger partial charge in [0.25, 0.3) is 0 Å². The summed E-state index contributed by atoms with van der Waals surface area (Å²) in [6.45, 7) is 3.39. The third-order valence-electron chi connectivity index (χ3n) is 6.70. The number of carbonyl (C=O) groups is 1. The van der Waals surface area contributed by atoms with Crippen LogP contribution >= 0.6 is 0 Å². The molecule has 1 amide bonds. The van der Waals surface area contributed by atoms with Gasteiger partial charge in [-0.3, -0.25) is 9.69 Å². The molecule has 2 heterocycles. The van der Waals surface area contributed by atoms with Crippen LogP contribution in [0.15, 0.2) is 60.7 Å². The number of nitrogens with zero attached hydrogens (tertiary/aromatic N) is 2. The molecule has 2 aromatic carbocycles. The van der Waals surface area contributed by atoms with Crippen LogP contribution in [-0.2, 0) is 21.7 Å². The number of carbonyl (C=O) groups excluding carboxylic acids is 1. The van der Waals surface area contributed by atoms with Crippen LogP contribution in [0, 0.1) is 0 Å². The monoisotopic (exact) mass is 392 g/mol. The van der Waals surface area contributed by atoms with Gasteiger partial charge in [0.15, 0.2) is 0 Å². The molecule has 1 atom stereocenters. The first-order chi connectivity index (χ1) is 14.2. The molecule has 4 nitrogen and oxygen atoms in total. The lowest BCUT2D eigenvalue weighted by molar-refractivity contribution is -0.144. The van der Waals surface area contributed by atoms with Crippen molar-refractivity contribution >= 4 is 5.91 Å². The van der Waals surface area contributed by atoms with Crippen LogP contribution < -0.4 is 0 Å². The molecule has 2 fully saturated rings. The van der Waals surface area contributed by atoms with E-state index < -0.39 is 0 Å². The van der Waals surface area contributed by atoms with Crippen LogP contribution in [0.3, 0.4) is 0 Å². The molecular formula is C25H32N2O2. The average molecular weight is 393 g/mol. The largest absolute Gasteiger partial charge is 0.373 e. The fourth-order valence-corrected chi connectivity index (χ4v) is 4.93. The van der Waals surface area contributed by atoms with E-state index in [-0.39, 0.29) is 11.6 Å². The number of hydrogen-bond acceptors (Lipinski definition) is 3. The number of benzene rings is 2. The topological polar surface area (TPSA) is 32.8 Å². The normalized spacial score (nSPS) is 22.4. The standard InChI is InChI=1S/C25H32N2O2/c1-29-25(22-12-6-3-7-13-22)15-18-26(19-16-25)24(28)23-14-8-9-17-27(23)20-21-10-4-2-5-11-21/h2-7,10-13,23H,8-9,14-20H2,1H3. The summed E-state index contributed by atoms with van der Waals surface area (Å²) in [7, 11) is 1.80. The molecule has 0 N–H and O–H groups in total. The number of piperidine rings is 2. The minimum Gasteiger partial charge on any atom is -0.373 e. The van der Waals surface area contributed by atoms with Crippen molar-refractivity contribution in [3.05, 3.63) is 71.8 Å². The molecule has 2 aromatic rings. The first-order valence-corrected chi connectivity index (χ1v) is 10.9. The predicted octanol–water partition coefficient (Wildman–Crippen LogP) is 4.21. The fraction of sp³-hybridized carbons (Fsp3) is 0.480. The van der Waals surface area contributed by atoms with Crippen molar-refractivity contribution in [1.29, 1.82) is 0 Å². The van der Waals surface area contributed by atoms with Crippen molar-refractivity contribution < 1.29 is 9.53 Å². The zero-order valence-corrected chi connectivity index (χ0v) is 17.4. The Morgan fingerprint density at radius 3 is 2.28 bits per heavy atom. The van der Waals surface area contributed by atoms with E-state index in [2.05, 4.69) is 58.3 Å². The lowest BCUT2D eigenvalue weighted by Crippen LogP contribution is -2.54. The van der Waals surface area contributed by atoms with Crippen molar-refractivity contribution in [3.8, 4) is 0 Å². The van der Waals surface area contributed by atoms with Gasteiger partial charge in [-0.05, 0) is 43.4 Å². The van der Waals surface area contributed by atoms with E-state index in [0.717, 1.165) is 51.9 Å². The van der Waals surface area contributed by atoms with Crippen molar-refractivity contribution in [1.82, 2.24) is 9.80 Å². The Bertz CT molecular complexity index is 785. The molecule has 29 heavy (non-hydrogen) atoms. The zero-order chi connectivity index (χ0) is 20.1. The minimum absolute atomic E-state index is 0.00993. The Morgan fingerprint density at radius 2 is 1.62 bits per heavy atom. The summed E-state index contributed by atoms with van der Waals surface area (Å²) in [6, 6.07) is 21.0. The van der Waals surface area contributed by atoms with Crippen molar-refractivity contribution in [2.45, 2.75) is 50.3 Å². The molecule has 0 bridgehead atoms. The molecule has 0 spiro atoms. The summed E-state index contributed by atoms with van der Waals surface area (Å²) in [4.78, 5) is 17.9. The molecule has 0 aliphatic carbocycles. The lowest BCUT2D eigenvalue weighted by Gasteiger charge is -2.44. The van der Waals surface area contributed by atoms with E-state index in [0.29, 0.717) is 5.91 Å². The van der Waals surface area contributed by atoms with Gasteiger partial charge in [-0.1, -0.05) is 67.1 Å². The third kappa shape index (κ3) is 4.39. The van der Waals surface area contributed by atoms with Crippen molar-refractivity contribution in [2.75, 3.05) is 26.7 Å². The molecule has 0 aromatic heterocycles. The van der Waals surface area contributed by atoms with Gasteiger partial charge < -0.3 is 9.64 Å². The Morgan fingerprint density at radius 1 is 0.966 bits per heavy atom. The molecule has 0 radical (unpaired) electrons. The molecule has 154 valence electrons. The van der Waals surface area contributed by atoms with Crippen LogP contribution in [0.4, 0.5) is 0 Å². The Labute approximate surface area is 174 Å². The van der Waals surface area contributed by atoms with Gasteiger partial charge in [-0.15, -0.1) is 0 Å². The van der Waals surface area contributed by atoms with E-state index >= 15 is 0 Å². The maximum Gasteiger partial charge on any atom is 0.239 e. The first-order valence-electron chi connectivity index (χ1n) is 10.9. The summed E-state index contributed by atoms with van der Waals surface area (Å²) in [5.41, 5.74) is 2.24. The number of ether oxygens (including phenoxy) is 1. The second kappa shape index (κ2) is 9.10. The van der Waals surface area contributed by atoms with Gasteiger partial charge in [0.05, 0.1) is 11.6 Å². The van der Waals surface area contributed by atoms with Crippen LogP contribution in [-0.4, -0.2) is 48.5 Å². The first kappa shape index (κ1) is 20.1. The van der Waals surface area contributed by atoms with Crippen LogP contribution in [0.25, 0.3) is 0 Å². The fourth-order valence-electron chi connectivity index (χ4n) is 4.93. The van der Waals surface area contributed by atoms with E-state index in [1.165, 1.54) is 17.5 Å². The SMILES string of the molecule is COC1(c2ccccc2)CCN(C(=O)C2CCCCN2Cc2ccccc2)CC1. The van der Waals surface area contributed by atoms with Crippen LogP contribution in [0.5, 0.6) is 0 Å². The maximum absolute atomic E-state index is 13.4. The Hall–Kier alpha value is -2.17. The summed E-state index contributed by atoms with van der Waals surface area (Å²) >= 11 is 0. The molecule has 0 saturated carbocycles. The smallest absolute Gasteiger partial charge is 0.239 e. The van der Waals surface area contributed by atoms with E-state index in [1.807, 2.05) is 12.1 Å². The molecule has 2 saturated heterocycles. The van der Waals surface area contributed by atoms with Gasteiger partial charge in [0.2, 0.25) is 5.91 Å². The highest BCUT2D eigenvalue weighted by atomic mass is 16.5. The number of amides is 1. The molecule has 2 aliphatic heterocycles. The van der Waals surface area contributed by atoms with Gasteiger partial charge in [0, 0.05) is 26.7 Å². The number of hydrogen-bond donors (Lipinski definition) is 0. The van der Waals surface area contributed by atoms with Crippen LogP contribution in [0.1, 0.15) is 43.2 Å². The highest BCUT2D eigenvalue weighted by molar-refractivity contribution is 5.82. The lowest BCUT2D eigenvalue weighted by atomic mass is 9.83. The number of methoxy groups -OCH3 is 1. The molecular weight excluding hydrogens is 360 g/mol. The van der Waals surface area contributed by atoms with Crippen molar-refractivity contribution in [2.24, 2.45) is 0 Å². The summed E-state index contributed by atoms with van der Waals surface area (Å²) in [6.07, 6.45) is 4.99. The van der Waals surface area contributed by atoms with Crippen molar-refractivity contribution in [3.63, 3.8) is 0 Å². The zero-order valence-electron chi connectivity index (χ0n) is 17.4. The second-order valence-electron chi connectivity index (χ2n) is 8.36. The highest BCUT2D eigenvalue weighted by Crippen LogP contribution is 2.36. The Balaban J connectivity index is 1.42. The van der Waals surface area contributed by atoms with Gasteiger partial charge in [-0.2, -0.15) is 0 Å². The van der Waals surface area contributed by atoms with E-state index in [9.17, 15) is 4.79 Å².